The smallest absolute Gasteiger partial charge is 0.343 e. The van der Waals surface area contributed by atoms with Crippen LogP contribution in [0.15, 0.2) is 59.5 Å². The normalized spacial score (nSPS) is 11.2. The summed E-state index contributed by atoms with van der Waals surface area (Å²) >= 11 is 6.45. The Morgan fingerprint density at radius 3 is 2.58 bits per heavy atom. The van der Waals surface area contributed by atoms with Gasteiger partial charge in [-0.2, -0.15) is 5.10 Å². The fraction of sp³-hybridized carbons (Fsp3) is 0.0455. The number of nitrogens with zero attached hydrogens (tertiary/aromatic N) is 3. The van der Waals surface area contributed by atoms with E-state index in [9.17, 15) is 9.59 Å². The molecule has 0 aliphatic rings. The first-order chi connectivity index (χ1) is 15.0. The molecule has 0 unspecified atom stereocenters. The van der Waals surface area contributed by atoms with Crippen LogP contribution in [0.1, 0.15) is 10.4 Å². The minimum atomic E-state index is -0.749. The molecule has 5 rings (SSSR count). The van der Waals surface area contributed by atoms with Crippen molar-refractivity contribution in [1.82, 2.24) is 25.1 Å². The topological polar surface area (TPSA) is 114 Å². The Bertz CT molecular complexity index is 1530. The molecule has 3 heterocycles. The molecule has 8 nitrogen and oxygen atoms in total. The second kappa shape index (κ2) is 7.33. The second-order valence-electron chi connectivity index (χ2n) is 6.82. The molecule has 2 N–H and O–H groups in total. The zero-order valence-electron chi connectivity index (χ0n) is 16.1. The van der Waals surface area contributed by atoms with Crippen LogP contribution in [0.5, 0.6) is 0 Å². The Labute approximate surface area is 179 Å². The van der Waals surface area contributed by atoms with Gasteiger partial charge >= 0.3 is 5.97 Å². The molecule has 0 atom stereocenters. The fourth-order valence-corrected chi connectivity index (χ4v) is 3.70. The summed E-state index contributed by atoms with van der Waals surface area (Å²) in [6, 6.07) is 14.5. The Morgan fingerprint density at radius 1 is 1.03 bits per heavy atom. The van der Waals surface area contributed by atoms with E-state index in [0.717, 1.165) is 22.0 Å². The van der Waals surface area contributed by atoms with Crippen molar-refractivity contribution in [3.8, 4) is 22.5 Å². The highest BCUT2D eigenvalue weighted by atomic mass is 35.5. The molecular formula is C22H14ClN5O3. The minimum Gasteiger partial charge on any atom is -0.465 e. The van der Waals surface area contributed by atoms with Gasteiger partial charge in [0.25, 0.3) is 5.56 Å². The number of rotatable bonds is 3. The first-order valence-electron chi connectivity index (χ1n) is 9.27. The second-order valence-corrected chi connectivity index (χ2v) is 7.22. The minimum absolute atomic E-state index is 0.147. The molecule has 2 aromatic carbocycles. The number of esters is 1. The number of ether oxygens (including phenoxy) is 1. The summed E-state index contributed by atoms with van der Waals surface area (Å²) in [5.74, 6) is -0.749. The fourth-order valence-electron chi connectivity index (χ4n) is 3.43. The molecule has 9 heteroatoms. The van der Waals surface area contributed by atoms with Gasteiger partial charge in [-0.15, -0.1) is 0 Å². The summed E-state index contributed by atoms with van der Waals surface area (Å²) in [6.07, 6.45) is 1.67. The van der Waals surface area contributed by atoms with Gasteiger partial charge in [0.05, 0.1) is 35.2 Å². The third-order valence-corrected chi connectivity index (χ3v) is 5.21. The molecule has 31 heavy (non-hydrogen) atoms. The van der Waals surface area contributed by atoms with Gasteiger partial charge in [0.15, 0.2) is 5.65 Å². The summed E-state index contributed by atoms with van der Waals surface area (Å²) in [6.45, 7) is 0. The molecule has 0 amide bonds. The summed E-state index contributed by atoms with van der Waals surface area (Å²) in [5.41, 5.74) is 3.23. The molecule has 0 saturated heterocycles. The van der Waals surface area contributed by atoms with Crippen LogP contribution in [0.3, 0.4) is 0 Å². The molecule has 3 aromatic heterocycles. The number of pyridine rings is 1. The molecular weight excluding hydrogens is 418 g/mol. The van der Waals surface area contributed by atoms with Crippen LogP contribution in [0.25, 0.3) is 44.6 Å². The molecule has 0 radical (unpaired) electrons. The van der Waals surface area contributed by atoms with Crippen LogP contribution in [-0.2, 0) is 4.74 Å². The lowest BCUT2D eigenvalue weighted by Gasteiger charge is -2.11. The summed E-state index contributed by atoms with van der Waals surface area (Å²) < 4.78 is 4.69. The van der Waals surface area contributed by atoms with E-state index < -0.39 is 11.5 Å². The van der Waals surface area contributed by atoms with E-state index in [4.69, 9.17) is 21.3 Å². The summed E-state index contributed by atoms with van der Waals surface area (Å²) in [4.78, 5) is 36.4. The van der Waals surface area contributed by atoms with Crippen molar-refractivity contribution in [2.24, 2.45) is 0 Å². The first-order valence-corrected chi connectivity index (χ1v) is 9.65. The van der Waals surface area contributed by atoms with Gasteiger partial charge in [-0.25, -0.2) is 14.8 Å². The predicted octanol–water partition coefficient (Wildman–Crippen LogP) is 3.97. The number of aromatic amines is 2. The lowest BCUT2D eigenvalue weighted by atomic mass is 10.0. The molecule has 0 aliphatic heterocycles. The van der Waals surface area contributed by atoms with Crippen molar-refractivity contribution in [2.75, 3.05) is 7.11 Å². The maximum atomic E-state index is 12.3. The highest BCUT2D eigenvalue weighted by molar-refractivity contribution is 6.35. The molecule has 5 aromatic rings. The average Bonchev–Trinajstić information content (AvgIpc) is 3.27. The first kappa shape index (κ1) is 19.0. The Morgan fingerprint density at radius 2 is 1.81 bits per heavy atom. The number of methoxy groups -OCH3 is 1. The molecule has 152 valence electrons. The number of nitrogens with one attached hydrogen (secondary N) is 2. The van der Waals surface area contributed by atoms with Crippen molar-refractivity contribution >= 4 is 39.6 Å². The molecule has 0 bridgehead atoms. The van der Waals surface area contributed by atoms with Crippen molar-refractivity contribution in [2.45, 2.75) is 0 Å². The van der Waals surface area contributed by atoms with Crippen LogP contribution in [0.4, 0.5) is 0 Å². The summed E-state index contributed by atoms with van der Waals surface area (Å²) in [7, 11) is 1.21. The Hall–Kier alpha value is -4.04. The van der Waals surface area contributed by atoms with Gasteiger partial charge in [-0.1, -0.05) is 41.9 Å². The van der Waals surface area contributed by atoms with E-state index in [2.05, 4.69) is 20.2 Å². The van der Waals surface area contributed by atoms with Crippen molar-refractivity contribution in [3.05, 3.63) is 75.7 Å². The molecule has 0 aliphatic carbocycles. The summed E-state index contributed by atoms with van der Waals surface area (Å²) in [5, 5.41) is 8.22. The number of H-pyrrole nitrogens is 2. The van der Waals surface area contributed by atoms with Crippen LogP contribution in [-0.4, -0.2) is 38.2 Å². The van der Waals surface area contributed by atoms with E-state index in [1.807, 2.05) is 36.4 Å². The van der Waals surface area contributed by atoms with Gasteiger partial charge in [-0.05, 0) is 18.2 Å². The number of aromatic nitrogens is 5. The number of carbonyl (C=O) groups is 1. The average molecular weight is 432 g/mol. The monoisotopic (exact) mass is 431 g/mol. The van der Waals surface area contributed by atoms with Crippen LogP contribution in [0, 0.1) is 0 Å². The molecule has 0 saturated carbocycles. The van der Waals surface area contributed by atoms with E-state index >= 15 is 0 Å². The number of hydrogen-bond acceptors (Lipinski definition) is 6. The molecule has 0 spiro atoms. The quantitative estimate of drug-likeness (QED) is 0.418. The molecule has 0 fully saturated rings. The van der Waals surface area contributed by atoms with Crippen molar-refractivity contribution in [1.29, 1.82) is 0 Å². The zero-order valence-corrected chi connectivity index (χ0v) is 16.9. The maximum Gasteiger partial charge on any atom is 0.343 e. The van der Waals surface area contributed by atoms with E-state index in [-0.39, 0.29) is 11.2 Å². The third kappa shape index (κ3) is 3.23. The standard InChI is InChI=1S/C22H14ClN5O3/c1-31-22(30)14-9-16-20(27-21(14)29)26-18(11-5-3-2-4-6-11)19(25-16)12-7-13-10-24-28-17(13)15(23)8-12/h2-10H,1H3,(H,24,28)(H,26,27,29). The van der Waals surface area contributed by atoms with Gasteiger partial charge in [0, 0.05) is 16.5 Å². The number of benzene rings is 2. The Kier molecular flexibility index (Phi) is 4.48. The maximum absolute atomic E-state index is 12.3. The third-order valence-electron chi connectivity index (χ3n) is 4.91. The lowest BCUT2D eigenvalue weighted by molar-refractivity contribution is 0.0599. The largest absolute Gasteiger partial charge is 0.465 e. The highest BCUT2D eigenvalue weighted by Gasteiger charge is 2.18. The van der Waals surface area contributed by atoms with E-state index in [0.29, 0.717) is 21.9 Å². The number of halogens is 1. The van der Waals surface area contributed by atoms with Crippen LogP contribution < -0.4 is 5.56 Å². The lowest BCUT2D eigenvalue weighted by Crippen LogP contribution is -2.19. The number of carbonyl (C=O) groups excluding carboxylic acids is 1. The van der Waals surface area contributed by atoms with Gasteiger partial charge in [0.2, 0.25) is 0 Å². The number of fused-ring (bicyclic) bond motifs is 2. The van der Waals surface area contributed by atoms with Gasteiger partial charge < -0.3 is 9.72 Å². The number of hydrogen-bond donors (Lipinski definition) is 2. The van der Waals surface area contributed by atoms with Crippen LogP contribution in [0.2, 0.25) is 5.02 Å². The van der Waals surface area contributed by atoms with Crippen LogP contribution >= 0.6 is 11.6 Å². The highest BCUT2D eigenvalue weighted by Crippen LogP contribution is 2.34. The van der Waals surface area contributed by atoms with Crippen molar-refractivity contribution in [3.63, 3.8) is 0 Å². The van der Waals surface area contributed by atoms with E-state index in [1.165, 1.54) is 13.2 Å². The van der Waals surface area contributed by atoms with E-state index in [1.54, 1.807) is 12.3 Å². The SMILES string of the molecule is COC(=O)c1cc2nc(-c3cc(Cl)c4[nH]ncc4c3)c(-c3ccccc3)nc2[nH]c1=O. The van der Waals surface area contributed by atoms with Gasteiger partial charge in [0.1, 0.15) is 11.1 Å². The Balaban J connectivity index is 1.84. The van der Waals surface area contributed by atoms with Gasteiger partial charge in [-0.3, -0.25) is 9.89 Å². The zero-order chi connectivity index (χ0) is 21.5. The van der Waals surface area contributed by atoms with Crippen molar-refractivity contribution < 1.29 is 9.53 Å². The predicted molar refractivity (Wildman–Crippen MR) is 117 cm³/mol.